The van der Waals surface area contributed by atoms with Crippen LogP contribution in [-0.2, 0) is 16.1 Å². The molecule has 1 saturated heterocycles. The van der Waals surface area contributed by atoms with Crippen molar-refractivity contribution in [3.63, 3.8) is 0 Å². The minimum absolute atomic E-state index is 0.135. The van der Waals surface area contributed by atoms with Gasteiger partial charge < -0.3 is 14.9 Å². The van der Waals surface area contributed by atoms with Crippen LogP contribution in [0.3, 0.4) is 0 Å². The lowest BCUT2D eigenvalue weighted by Gasteiger charge is -2.32. The average Bonchev–Trinajstić information content (AvgIpc) is 2.85. The van der Waals surface area contributed by atoms with Gasteiger partial charge >= 0.3 is 12.1 Å². The summed E-state index contributed by atoms with van der Waals surface area (Å²) < 4.78 is 5.46. The molecule has 0 saturated carbocycles. The first-order valence-electron chi connectivity index (χ1n) is 6.42. The second-order valence-electron chi connectivity index (χ2n) is 4.85. The van der Waals surface area contributed by atoms with E-state index < -0.39 is 17.6 Å². The summed E-state index contributed by atoms with van der Waals surface area (Å²) in [7, 11) is 0. The Bertz CT molecular complexity index is 490. The number of carbonyl (C=O) groups is 2. The summed E-state index contributed by atoms with van der Waals surface area (Å²) in [5.41, 5.74) is -0.534. The van der Waals surface area contributed by atoms with Crippen LogP contribution in [0.2, 0.25) is 0 Å². The highest BCUT2D eigenvalue weighted by Crippen LogP contribution is 2.30. The zero-order valence-electron chi connectivity index (χ0n) is 11.0. The van der Waals surface area contributed by atoms with Gasteiger partial charge in [-0.3, -0.25) is 4.90 Å². The van der Waals surface area contributed by atoms with Crippen molar-refractivity contribution in [1.82, 2.24) is 4.90 Å². The Morgan fingerprint density at radius 1 is 1.25 bits per heavy atom. The van der Waals surface area contributed by atoms with E-state index in [2.05, 4.69) is 0 Å². The molecule has 1 heterocycles. The predicted molar refractivity (Wildman–Crippen MR) is 70.4 cm³/mol. The van der Waals surface area contributed by atoms with Crippen LogP contribution < -0.4 is 0 Å². The molecule has 20 heavy (non-hydrogen) atoms. The number of nitrogens with zero attached hydrogens (tertiary/aromatic N) is 1. The van der Waals surface area contributed by atoms with E-state index in [9.17, 15) is 14.7 Å². The van der Waals surface area contributed by atoms with Gasteiger partial charge in [-0.25, -0.2) is 9.59 Å². The third kappa shape index (κ3) is 2.75. The van der Waals surface area contributed by atoms with Crippen LogP contribution in [-0.4, -0.2) is 45.9 Å². The molecule has 108 valence electrons. The van der Waals surface area contributed by atoms with Crippen LogP contribution in [0.15, 0.2) is 30.3 Å². The standard InChI is InChI=1S/C14H17NO5/c16-12(17)14(7-4-8-15(14)13(18)19)10-20-9-11-5-2-1-3-6-11/h1-3,5-6H,4,7-10H2,(H,16,17)(H,18,19)/t14-/m1/s1. The smallest absolute Gasteiger partial charge is 0.408 e. The summed E-state index contributed by atoms with van der Waals surface area (Å²) in [4.78, 5) is 23.6. The first kappa shape index (κ1) is 14.3. The maximum atomic E-state index is 11.5. The third-order valence-electron chi connectivity index (χ3n) is 3.57. The van der Waals surface area contributed by atoms with Crippen molar-refractivity contribution in [2.45, 2.75) is 25.0 Å². The second-order valence-corrected chi connectivity index (χ2v) is 4.85. The van der Waals surface area contributed by atoms with Crippen molar-refractivity contribution < 1.29 is 24.5 Å². The zero-order chi connectivity index (χ0) is 14.6. The second kappa shape index (κ2) is 5.92. The van der Waals surface area contributed by atoms with E-state index >= 15 is 0 Å². The average molecular weight is 279 g/mol. The van der Waals surface area contributed by atoms with Gasteiger partial charge in [0.15, 0.2) is 5.54 Å². The molecule has 0 aromatic heterocycles. The lowest BCUT2D eigenvalue weighted by atomic mass is 9.98. The Labute approximate surface area is 116 Å². The lowest BCUT2D eigenvalue weighted by molar-refractivity contribution is -0.153. The molecule has 1 aliphatic heterocycles. The Morgan fingerprint density at radius 2 is 1.95 bits per heavy atom. The van der Waals surface area contributed by atoms with E-state index in [1.165, 1.54) is 0 Å². The van der Waals surface area contributed by atoms with Crippen LogP contribution in [0.1, 0.15) is 18.4 Å². The maximum absolute atomic E-state index is 11.5. The van der Waals surface area contributed by atoms with Crippen molar-refractivity contribution in [2.75, 3.05) is 13.2 Å². The predicted octanol–water partition coefficient (Wildman–Crippen LogP) is 1.80. The lowest BCUT2D eigenvalue weighted by Crippen LogP contribution is -2.55. The highest BCUT2D eigenvalue weighted by Gasteiger charge is 2.50. The number of ether oxygens (including phenoxy) is 1. The van der Waals surface area contributed by atoms with E-state index in [-0.39, 0.29) is 26.2 Å². The van der Waals surface area contributed by atoms with Gasteiger partial charge in [-0.15, -0.1) is 0 Å². The zero-order valence-corrected chi connectivity index (χ0v) is 11.0. The van der Waals surface area contributed by atoms with Crippen molar-refractivity contribution >= 4 is 12.1 Å². The Hall–Kier alpha value is -2.08. The van der Waals surface area contributed by atoms with E-state index in [0.29, 0.717) is 6.42 Å². The monoisotopic (exact) mass is 279 g/mol. The van der Waals surface area contributed by atoms with Crippen LogP contribution in [0, 0.1) is 0 Å². The fourth-order valence-corrected chi connectivity index (χ4v) is 2.50. The normalized spacial score (nSPS) is 21.9. The summed E-state index contributed by atoms with van der Waals surface area (Å²) >= 11 is 0. The van der Waals surface area contributed by atoms with Crippen LogP contribution in [0.4, 0.5) is 4.79 Å². The Morgan fingerprint density at radius 3 is 2.55 bits per heavy atom. The van der Waals surface area contributed by atoms with Gasteiger partial charge in [-0.05, 0) is 18.4 Å². The van der Waals surface area contributed by atoms with E-state index in [1.54, 1.807) is 0 Å². The molecule has 0 aliphatic carbocycles. The van der Waals surface area contributed by atoms with Crippen molar-refractivity contribution in [1.29, 1.82) is 0 Å². The van der Waals surface area contributed by atoms with Gasteiger partial charge in [0, 0.05) is 6.54 Å². The number of likely N-dealkylation sites (tertiary alicyclic amines) is 1. The summed E-state index contributed by atoms with van der Waals surface area (Å²) in [5, 5.41) is 18.5. The summed E-state index contributed by atoms with van der Waals surface area (Å²) in [5.74, 6) is -1.15. The maximum Gasteiger partial charge on any atom is 0.408 e. The van der Waals surface area contributed by atoms with Crippen molar-refractivity contribution in [3.05, 3.63) is 35.9 Å². The number of hydrogen-bond acceptors (Lipinski definition) is 3. The number of hydrogen-bond donors (Lipinski definition) is 2. The molecule has 1 aromatic carbocycles. The first-order valence-corrected chi connectivity index (χ1v) is 6.42. The quantitative estimate of drug-likeness (QED) is 0.858. The number of benzene rings is 1. The van der Waals surface area contributed by atoms with E-state index in [4.69, 9.17) is 9.84 Å². The topological polar surface area (TPSA) is 87.1 Å². The molecule has 0 spiro atoms. The number of carboxylic acid groups (broad SMARTS) is 2. The number of amides is 1. The van der Waals surface area contributed by atoms with Crippen LogP contribution >= 0.6 is 0 Å². The van der Waals surface area contributed by atoms with Crippen molar-refractivity contribution in [3.8, 4) is 0 Å². The molecule has 0 radical (unpaired) electrons. The first-order chi connectivity index (χ1) is 9.56. The molecular formula is C14H17NO5. The third-order valence-corrected chi connectivity index (χ3v) is 3.57. The molecule has 0 bridgehead atoms. The molecule has 6 heteroatoms. The molecule has 1 aromatic rings. The molecule has 6 nitrogen and oxygen atoms in total. The van der Waals surface area contributed by atoms with E-state index in [0.717, 1.165) is 10.5 Å². The fraction of sp³-hybridized carbons (Fsp3) is 0.429. The van der Waals surface area contributed by atoms with Crippen LogP contribution in [0.5, 0.6) is 0 Å². The minimum atomic E-state index is -1.46. The van der Waals surface area contributed by atoms with Gasteiger partial charge in [-0.1, -0.05) is 30.3 Å². The highest BCUT2D eigenvalue weighted by molar-refractivity contribution is 5.84. The minimum Gasteiger partial charge on any atom is -0.479 e. The van der Waals surface area contributed by atoms with Crippen LogP contribution in [0.25, 0.3) is 0 Å². The van der Waals surface area contributed by atoms with Gasteiger partial charge in [-0.2, -0.15) is 0 Å². The molecule has 0 unspecified atom stereocenters. The molecule has 2 N–H and O–H groups in total. The Balaban J connectivity index is 2.03. The number of aliphatic carboxylic acids is 1. The van der Waals surface area contributed by atoms with Crippen molar-refractivity contribution in [2.24, 2.45) is 0 Å². The summed E-state index contributed by atoms with van der Waals surface area (Å²) in [6.07, 6.45) is -0.398. The molecule has 2 rings (SSSR count). The molecule has 1 amide bonds. The number of rotatable bonds is 5. The highest BCUT2D eigenvalue weighted by atomic mass is 16.5. The largest absolute Gasteiger partial charge is 0.479 e. The molecule has 1 atom stereocenters. The summed E-state index contributed by atoms with van der Waals surface area (Å²) in [6, 6.07) is 9.36. The summed E-state index contributed by atoms with van der Waals surface area (Å²) in [6.45, 7) is 0.364. The molecule has 1 aliphatic rings. The van der Waals surface area contributed by atoms with Gasteiger partial charge in [0.05, 0.1) is 13.2 Å². The number of carboxylic acids is 1. The van der Waals surface area contributed by atoms with Gasteiger partial charge in [0.2, 0.25) is 0 Å². The SMILES string of the molecule is O=C(O)N1CCC[C@@]1(COCc1ccccc1)C(=O)O. The molecule has 1 fully saturated rings. The fourth-order valence-electron chi connectivity index (χ4n) is 2.50. The van der Waals surface area contributed by atoms with Gasteiger partial charge in [0.1, 0.15) is 0 Å². The molecular weight excluding hydrogens is 262 g/mol. The van der Waals surface area contributed by atoms with E-state index in [1.807, 2.05) is 30.3 Å². The van der Waals surface area contributed by atoms with Gasteiger partial charge in [0.25, 0.3) is 0 Å². The Kier molecular flexibility index (Phi) is 4.24.